The SMILES string of the molecule is COc1ccc(-c2cn[nH]n2)cc1C(=O)N(C)CC(CCN1CCC(Nc2nc3ccccc3n2Cc2ccoc2)CC1)c1ccc(Cl)c(Cl)c1. The number of nitrogens with zero attached hydrogens (tertiary/aromatic N) is 6. The number of hydrogen-bond acceptors (Lipinski definition) is 8. The van der Waals surface area contributed by atoms with Crippen molar-refractivity contribution in [3.05, 3.63) is 112 Å². The molecule has 0 saturated carbocycles. The number of para-hydroxylation sites is 2. The molecule has 1 saturated heterocycles. The molecule has 6 aromatic rings. The van der Waals surface area contributed by atoms with E-state index in [4.69, 9.17) is 37.3 Å². The molecule has 1 fully saturated rings. The number of aromatic amines is 1. The molecule has 51 heavy (non-hydrogen) atoms. The highest BCUT2D eigenvalue weighted by Gasteiger charge is 2.26. The second kappa shape index (κ2) is 15.6. The van der Waals surface area contributed by atoms with Crippen LogP contribution in [0.4, 0.5) is 5.95 Å². The summed E-state index contributed by atoms with van der Waals surface area (Å²) in [5, 5.41) is 15.5. The smallest absolute Gasteiger partial charge is 0.257 e. The Hall–Kier alpha value is -4.84. The van der Waals surface area contributed by atoms with Crippen LogP contribution in [0, 0.1) is 0 Å². The van der Waals surface area contributed by atoms with Crippen molar-refractivity contribution in [2.24, 2.45) is 0 Å². The molecule has 11 nitrogen and oxygen atoms in total. The van der Waals surface area contributed by atoms with Gasteiger partial charge in [-0.15, -0.1) is 0 Å². The first-order valence-electron chi connectivity index (χ1n) is 17.1. The van der Waals surface area contributed by atoms with Crippen molar-refractivity contribution in [2.75, 3.05) is 45.7 Å². The van der Waals surface area contributed by atoms with Crippen LogP contribution in [0.2, 0.25) is 10.0 Å². The van der Waals surface area contributed by atoms with Gasteiger partial charge in [-0.2, -0.15) is 15.4 Å². The Bertz CT molecular complexity index is 2070. The number of carbonyl (C=O) groups is 1. The standard InChI is InChI=1S/C38H40Cl2N8O3/c1-46(37(49)30-19-27(8-10-36(30)50-2)34-21-41-45-44-34)23-28(26-7-9-31(39)32(40)20-26)11-15-47-16-12-29(13-17-47)42-38-43-33-5-3-4-6-35(33)48(38)22-25-14-18-51-24-25/h3-10,14,18-21,24,28-29H,11-13,15-17,22-23H2,1-2H3,(H,42,43)(H,41,44,45). The number of aromatic nitrogens is 5. The molecule has 0 bridgehead atoms. The number of rotatable bonds is 13. The van der Waals surface area contributed by atoms with Crippen LogP contribution >= 0.6 is 23.2 Å². The first-order valence-corrected chi connectivity index (χ1v) is 17.8. The fourth-order valence-electron chi connectivity index (χ4n) is 6.86. The van der Waals surface area contributed by atoms with Crippen molar-refractivity contribution in [3.8, 4) is 17.0 Å². The van der Waals surface area contributed by atoms with E-state index in [1.54, 1.807) is 42.9 Å². The lowest BCUT2D eigenvalue weighted by Crippen LogP contribution is -2.40. The quantitative estimate of drug-likeness (QED) is 0.125. The number of furan rings is 1. The molecule has 13 heteroatoms. The molecule has 7 rings (SSSR count). The van der Waals surface area contributed by atoms with Gasteiger partial charge in [-0.25, -0.2) is 4.98 Å². The second-order valence-electron chi connectivity index (χ2n) is 13.0. The van der Waals surface area contributed by atoms with Gasteiger partial charge in [0, 0.05) is 49.8 Å². The topological polar surface area (TPSA) is 117 Å². The van der Waals surface area contributed by atoms with Gasteiger partial charge in [-0.3, -0.25) is 4.79 Å². The van der Waals surface area contributed by atoms with Gasteiger partial charge in [0.2, 0.25) is 5.95 Å². The van der Waals surface area contributed by atoms with Crippen molar-refractivity contribution in [2.45, 2.75) is 37.8 Å². The molecular weight excluding hydrogens is 687 g/mol. The Kier molecular flexibility index (Phi) is 10.6. The molecule has 0 aliphatic carbocycles. The van der Waals surface area contributed by atoms with Crippen LogP contribution in [0.25, 0.3) is 22.3 Å². The third-order valence-corrected chi connectivity index (χ3v) is 10.4. The fourth-order valence-corrected chi connectivity index (χ4v) is 7.16. The first-order chi connectivity index (χ1) is 24.9. The molecule has 264 valence electrons. The molecule has 1 unspecified atom stereocenters. The summed E-state index contributed by atoms with van der Waals surface area (Å²) in [4.78, 5) is 23.1. The predicted molar refractivity (Wildman–Crippen MR) is 200 cm³/mol. The summed E-state index contributed by atoms with van der Waals surface area (Å²) in [5.41, 5.74) is 6.08. The number of piperidine rings is 1. The third kappa shape index (κ3) is 7.90. The van der Waals surface area contributed by atoms with E-state index in [2.05, 4.69) is 42.3 Å². The maximum absolute atomic E-state index is 13.9. The fraction of sp³-hybridized carbons (Fsp3) is 0.316. The summed E-state index contributed by atoms with van der Waals surface area (Å²) in [7, 11) is 3.39. The lowest BCUT2D eigenvalue weighted by Gasteiger charge is -2.34. The largest absolute Gasteiger partial charge is 0.496 e. The molecule has 3 aromatic heterocycles. The van der Waals surface area contributed by atoms with E-state index in [1.807, 2.05) is 49.5 Å². The number of nitrogens with one attached hydrogen (secondary N) is 2. The van der Waals surface area contributed by atoms with Crippen molar-refractivity contribution in [1.82, 2.24) is 34.8 Å². The van der Waals surface area contributed by atoms with E-state index in [0.29, 0.717) is 46.2 Å². The number of ether oxygens (including phenoxy) is 1. The number of hydrogen-bond donors (Lipinski definition) is 2. The first kappa shape index (κ1) is 34.6. The van der Waals surface area contributed by atoms with Gasteiger partial charge < -0.3 is 28.8 Å². The van der Waals surface area contributed by atoms with Gasteiger partial charge in [-0.1, -0.05) is 41.4 Å². The summed E-state index contributed by atoms with van der Waals surface area (Å²) >= 11 is 12.8. The highest BCUT2D eigenvalue weighted by molar-refractivity contribution is 6.42. The van der Waals surface area contributed by atoms with E-state index in [0.717, 1.165) is 72.6 Å². The Morgan fingerprint density at radius 3 is 2.69 bits per heavy atom. The highest BCUT2D eigenvalue weighted by Crippen LogP contribution is 2.32. The Morgan fingerprint density at radius 2 is 1.94 bits per heavy atom. The summed E-state index contributed by atoms with van der Waals surface area (Å²) in [6, 6.07) is 21.7. The van der Waals surface area contributed by atoms with Crippen LogP contribution in [0.5, 0.6) is 5.75 Å². The zero-order valence-electron chi connectivity index (χ0n) is 28.6. The number of anilines is 1. The number of H-pyrrole nitrogens is 1. The zero-order chi connectivity index (χ0) is 35.3. The highest BCUT2D eigenvalue weighted by atomic mass is 35.5. The Balaban J connectivity index is 1.01. The number of benzene rings is 3. The Labute approximate surface area is 306 Å². The van der Waals surface area contributed by atoms with E-state index < -0.39 is 0 Å². The van der Waals surface area contributed by atoms with Crippen molar-refractivity contribution < 1.29 is 13.9 Å². The predicted octanol–water partition coefficient (Wildman–Crippen LogP) is 7.60. The molecule has 2 N–H and O–H groups in total. The van der Waals surface area contributed by atoms with Crippen LogP contribution in [0.1, 0.15) is 46.7 Å². The number of amides is 1. The monoisotopic (exact) mass is 726 g/mol. The van der Waals surface area contributed by atoms with Crippen LogP contribution in [-0.2, 0) is 6.54 Å². The van der Waals surface area contributed by atoms with E-state index in [9.17, 15) is 4.79 Å². The maximum atomic E-state index is 13.9. The Morgan fingerprint density at radius 1 is 1.10 bits per heavy atom. The number of imidazole rings is 1. The summed E-state index contributed by atoms with van der Waals surface area (Å²) in [6.07, 6.45) is 7.93. The number of fused-ring (bicyclic) bond motifs is 1. The van der Waals surface area contributed by atoms with E-state index in [-0.39, 0.29) is 11.8 Å². The lowest BCUT2D eigenvalue weighted by molar-refractivity contribution is 0.0778. The van der Waals surface area contributed by atoms with Gasteiger partial charge in [0.05, 0.1) is 59.0 Å². The van der Waals surface area contributed by atoms with E-state index in [1.165, 1.54) is 0 Å². The molecule has 0 spiro atoms. The number of halogens is 2. The van der Waals surface area contributed by atoms with Gasteiger partial charge in [0.25, 0.3) is 5.91 Å². The van der Waals surface area contributed by atoms with E-state index >= 15 is 0 Å². The van der Waals surface area contributed by atoms with Crippen molar-refractivity contribution in [1.29, 1.82) is 0 Å². The minimum Gasteiger partial charge on any atom is -0.496 e. The molecule has 3 aromatic carbocycles. The van der Waals surface area contributed by atoms with Gasteiger partial charge in [-0.05, 0) is 79.9 Å². The molecule has 0 radical (unpaired) electrons. The number of likely N-dealkylation sites (tertiary alicyclic amines) is 1. The number of methoxy groups -OCH3 is 1. The summed E-state index contributed by atoms with van der Waals surface area (Å²) in [6.45, 7) is 3.96. The van der Waals surface area contributed by atoms with Crippen LogP contribution < -0.4 is 10.1 Å². The lowest BCUT2D eigenvalue weighted by atomic mass is 9.93. The molecule has 1 atom stereocenters. The van der Waals surface area contributed by atoms with Crippen LogP contribution in [0.15, 0.2) is 89.9 Å². The average molecular weight is 728 g/mol. The zero-order valence-corrected chi connectivity index (χ0v) is 30.1. The van der Waals surface area contributed by atoms with Crippen molar-refractivity contribution in [3.63, 3.8) is 0 Å². The molecule has 1 amide bonds. The third-order valence-electron chi connectivity index (χ3n) is 9.69. The summed E-state index contributed by atoms with van der Waals surface area (Å²) < 4.78 is 13.1. The normalized spacial score (nSPS) is 14.5. The molecule has 1 aliphatic rings. The number of likely N-dealkylation sites (N-methyl/N-ethyl adjacent to an activating group) is 1. The minimum atomic E-state index is -0.145. The second-order valence-corrected chi connectivity index (χ2v) is 13.8. The van der Waals surface area contributed by atoms with Gasteiger partial charge >= 0.3 is 0 Å². The average Bonchev–Trinajstić information content (AvgIpc) is 3.95. The minimum absolute atomic E-state index is 0.0251. The van der Waals surface area contributed by atoms with Crippen LogP contribution in [-0.4, -0.2) is 87.0 Å². The summed E-state index contributed by atoms with van der Waals surface area (Å²) in [5.74, 6) is 1.26. The maximum Gasteiger partial charge on any atom is 0.257 e. The van der Waals surface area contributed by atoms with Crippen molar-refractivity contribution >= 4 is 46.1 Å². The van der Waals surface area contributed by atoms with Crippen LogP contribution in [0.3, 0.4) is 0 Å². The number of carbonyl (C=O) groups excluding carboxylic acids is 1. The molecule has 4 heterocycles. The van der Waals surface area contributed by atoms with Gasteiger partial charge in [0.1, 0.15) is 11.4 Å². The van der Waals surface area contributed by atoms with Gasteiger partial charge in [0.15, 0.2) is 0 Å². The molecule has 1 aliphatic heterocycles. The molecular formula is C38H40Cl2N8O3.